The van der Waals surface area contributed by atoms with Crippen LogP contribution in [0.5, 0.6) is 0 Å². The molecule has 0 unspecified atom stereocenters. The molecule has 0 saturated carbocycles. The number of H-pyrrole nitrogens is 2. The summed E-state index contributed by atoms with van der Waals surface area (Å²) in [5.41, 5.74) is 8.05. The SMILES string of the molecule is C[C@@H](c1ncc(-c2ccc(-c3ccc(-c4cnc([C@@H]5C=CCN5C(=O)[C@@H](c5ccccc5)N5CCCCC5)[nH]4)cc3)cc2)[nH]1)N(C)C(=O)[C@@H](c1ccccc1)N(C)C. The van der Waals surface area contributed by atoms with Gasteiger partial charge in [0, 0.05) is 13.6 Å². The molecule has 0 bridgehead atoms. The maximum absolute atomic E-state index is 14.3. The number of aromatic amines is 2. The van der Waals surface area contributed by atoms with E-state index in [0.29, 0.717) is 6.54 Å². The van der Waals surface area contributed by atoms with Crippen LogP contribution in [0.4, 0.5) is 0 Å². The van der Waals surface area contributed by atoms with Crippen LogP contribution in [0.2, 0.25) is 0 Å². The number of aromatic nitrogens is 4. The summed E-state index contributed by atoms with van der Waals surface area (Å²) in [7, 11) is 5.69. The summed E-state index contributed by atoms with van der Waals surface area (Å²) in [5.74, 6) is 1.63. The van der Waals surface area contributed by atoms with Crippen LogP contribution in [0, 0.1) is 0 Å². The number of nitrogens with zero attached hydrogens (tertiary/aromatic N) is 6. The van der Waals surface area contributed by atoms with Crippen LogP contribution in [0.15, 0.2) is 134 Å². The molecule has 8 rings (SSSR count). The number of benzene rings is 4. The number of carbonyl (C=O) groups is 2. The van der Waals surface area contributed by atoms with Crippen LogP contribution in [0.1, 0.15) is 73.1 Å². The van der Waals surface area contributed by atoms with Crippen molar-refractivity contribution in [2.45, 2.75) is 50.4 Å². The van der Waals surface area contributed by atoms with E-state index in [4.69, 9.17) is 4.98 Å². The van der Waals surface area contributed by atoms with E-state index in [0.717, 1.165) is 82.3 Å². The number of piperidine rings is 1. The minimum atomic E-state index is -0.387. The highest BCUT2D eigenvalue weighted by molar-refractivity contribution is 5.85. The van der Waals surface area contributed by atoms with Gasteiger partial charge in [-0.3, -0.25) is 19.4 Å². The molecule has 4 aromatic carbocycles. The van der Waals surface area contributed by atoms with Gasteiger partial charge in [-0.25, -0.2) is 9.97 Å². The number of rotatable bonds is 12. The van der Waals surface area contributed by atoms with Crippen molar-refractivity contribution in [1.29, 1.82) is 0 Å². The highest BCUT2D eigenvalue weighted by Crippen LogP contribution is 2.34. The maximum Gasteiger partial charge on any atom is 0.245 e. The molecule has 1 fully saturated rings. The Labute approximate surface area is 341 Å². The lowest BCUT2D eigenvalue weighted by Crippen LogP contribution is -2.45. The first-order valence-electron chi connectivity index (χ1n) is 20.3. The Morgan fingerprint density at radius 2 is 1.24 bits per heavy atom. The Hall–Kier alpha value is -6.10. The fraction of sp³-hybridized carbons (Fsp3) is 0.292. The molecular weight excluding hydrogens is 721 g/mol. The molecule has 10 nitrogen and oxygen atoms in total. The van der Waals surface area contributed by atoms with Crippen molar-refractivity contribution in [2.24, 2.45) is 0 Å². The number of amides is 2. The number of hydrogen-bond acceptors (Lipinski definition) is 6. The zero-order valence-electron chi connectivity index (χ0n) is 33.8. The fourth-order valence-corrected chi connectivity index (χ4v) is 8.34. The second kappa shape index (κ2) is 17.2. The predicted octanol–water partition coefficient (Wildman–Crippen LogP) is 8.62. The molecule has 0 spiro atoms. The van der Waals surface area contributed by atoms with E-state index in [2.05, 4.69) is 92.7 Å². The molecule has 0 aliphatic carbocycles. The van der Waals surface area contributed by atoms with E-state index in [1.165, 1.54) is 6.42 Å². The average Bonchev–Trinajstić information content (AvgIpc) is 4.07. The van der Waals surface area contributed by atoms with Gasteiger partial charge in [0.05, 0.1) is 29.8 Å². The predicted molar refractivity (Wildman–Crippen MR) is 229 cm³/mol. The second-order valence-corrected chi connectivity index (χ2v) is 15.7. The van der Waals surface area contributed by atoms with Gasteiger partial charge >= 0.3 is 0 Å². The van der Waals surface area contributed by atoms with Crippen LogP contribution in [0.3, 0.4) is 0 Å². The molecule has 4 atom stereocenters. The molecule has 6 aromatic rings. The van der Waals surface area contributed by atoms with Gasteiger partial charge in [-0.1, -0.05) is 128 Å². The average molecular weight is 773 g/mol. The zero-order valence-corrected chi connectivity index (χ0v) is 33.8. The Bertz CT molecular complexity index is 2330. The van der Waals surface area contributed by atoms with Crippen LogP contribution < -0.4 is 0 Å². The molecule has 58 heavy (non-hydrogen) atoms. The third kappa shape index (κ3) is 8.03. The second-order valence-electron chi connectivity index (χ2n) is 15.7. The molecule has 0 radical (unpaired) electrons. The first-order chi connectivity index (χ1) is 28.3. The lowest BCUT2D eigenvalue weighted by atomic mass is 10.00. The van der Waals surface area contributed by atoms with E-state index in [9.17, 15) is 9.59 Å². The molecule has 2 N–H and O–H groups in total. The molecule has 2 aromatic heterocycles. The molecule has 296 valence electrons. The van der Waals surface area contributed by atoms with Crippen molar-refractivity contribution in [3.63, 3.8) is 0 Å². The largest absolute Gasteiger partial charge is 0.340 e. The van der Waals surface area contributed by atoms with Gasteiger partial charge in [-0.2, -0.15) is 0 Å². The third-order valence-electron chi connectivity index (χ3n) is 11.7. The van der Waals surface area contributed by atoms with Crippen molar-refractivity contribution >= 4 is 11.8 Å². The van der Waals surface area contributed by atoms with Crippen LogP contribution in [-0.2, 0) is 9.59 Å². The Balaban J connectivity index is 0.923. The van der Waals surface area contributed by atoms with E-state index < -0.39 is 0 Å². The smallest absolute Gasteiger partial charge is 0.245 e. The summed E-state index contributed by atoms with van der Waals surface area (Å²) < 4.78 is 0. The Morgan fingerprint density at radius 3 is 1.84 bits per heavy atom. The van der Waals surface area contributed by atoms with Gasteiger partial charge < -0.3 is 19.8 Å². The van der Waals surface area contributed by atoms with Crippen molar-refractivity contribution in [1.82, 2.24) is 39.5 Å². The van der Waals surface area contributed by atoms with Crippen LogP contribution >= 0.6 is 0 Å². The molecular formula is C48H52N8O2. The number of nitrogens with one attached hydrogen (secondary N) is 2. The van der Waals surface area contributed by atoms with Gasteiger partial charge in [-0.05, 0) is 80.3 Å². The number of carbonyl (C=O) groups excluding carboxylic acids is 2. The first kappa shape index (κ1) is 38.8. The number of likely N-dealkylation sites (N-methyl/N-ethyl adjacent to an activating group) is 2. The summed E-state index contributed by atoms with van der Waals surface area (Å²) in [6, 6.07) is 35.8. The van der Waals surface area contributed by atoms with Gasteiger partial charge in [-0.15, -0.1) is 0 Å². The fourth-order valence-electron chi connectivity index (χ4n) is 8.34. The molecule has 2 amide bonds. The topological polar surface area (TPSA) is 104 Å². The molecule has 2 aliphatic heterocycles. The molecule has 4 heterocycles. The van der Waals surface area contributed by atoms with E-state index in [1.54, 1.807) is 4.90 Å². The minimum Gasteiger partial charge on any atom is -0.340 e. The van der Waals surface area contributed by atoms with Crippen LogP contribution in [0.25, 0.3) is 33.6 Å². The lowest BCUT2D eigenvalue weighted by Gasteiger charge is -2.37. The highest BCUT2D eigenvalue weighted by atomic mass is 16.2. The summed E-state index contributed by atoms with van der Waals surface area (Å²) in [6.07, 6.45) is 11.3. The zero-order chi connectivity index (χ0) is 40.2. The van der Waals surface area contributed by atoms with Crippen LogP contribution in [-0.4, -0.2) is 92.1 Å². The summed E-state index contributed by atoms with van der Waals surface area (Å²) in [4.78, 5) is 52.5. The lowest BCUT2D eigenvalue weighted by molar-refractivity contribution is -0.138. The number of hydrogen-bond donors (Lipinski definition) is 2. The quantitative estimate of drug-likeness (QED) is 0.121. The first-order valence-corrected chi connectivity index (χ1v) is 20.3. The van der Waals surface area contributed by atoms with Crippen molar-refractivity contribution in [3.05, 3.63) is 157 Å². The third-order valence-corrected chi connectivity index (χ3v) is 11.7. The van der Waals surface area contributed by atoms with E-state index in [1.807, 2.05) is 98.8 Å². The maximum atomic E-state index is 14.3. The summed E-state index contributed by atoms with van der Waals surface area (Å²) >= 11 is 0. The highest BCUT2D eigenvalue weighted by Gasteiger charge is 2.37. The number of likely N-dealkylation sites (tertiary alicyclic amines) is 1. The minimum absolute atomic E-state index is 0.00915. The summed E-state index contributed by atoms with van der Waals surface area (Å²) in [6.45, 7) is 4.43. The van der Waals surface area contributed by atoms with Crippen molar-refractivity contribution in [3.8, 4) is 33.6 Å². The number of imidazole rings is 2. The summed E-state index contributed by atoms with van der Waals surface area (Å²) in [5, 5.41) is 0. The molecule has 10 heteroatoms. The van der Waals surface area contributed by atoms with Gasteiger partial charge in [0.1, 0.15) is 29.8 Å². The molecule has 1 saturated heterocycles. The van der Waals surface area contributed by atoms with Crippen molar-refractivity contribution < 1.29 is 9.59 Å². The van der Waals surface area contributed by atoms with Gasteiger partial charge in [0.25, 0.3) is 0 Å². The standard InChI is InChI=1S/C48H52N8O2/c1-33(54(4)47(57)43(53(2)3)38-15-8-5-9-16-38)45-49-31-40(51-45)36-24-20-34(21-25-36)35-22-26-37(27-23-35)41-32-50-46(52-41)42-19-14-30-56(42)48(58)44(39-17-10-6-11-18-39)55-28-12-7-13-29-55/h5-6,8-11,14-27,31-33,42-44H,7,12-13,28-30H2,1-4H3,(H,49,51)(H,50,52)/t33-,42-,43+,44+/m0/s1. The Kier molecular flexibility index (Phi) is 11.5. The Morgan fingerprint density at radius 1 is 0.690 bits per heavy atom. The molecule has 2 aliphatic rings. The van der Waals surface area contributed by atoms with E-state index in [-0.39, 0.29) is 36.0 Å². The van der Waals surface area contributed by atoms with Crippen molar-refractivity contribution in [2.75, 3.05) is 40.8 Å². The van der Waals surface area contributed by atoms with Gasteiger partial charge in [0.15, 0.2) is 0 Å². The van der Waals surface area contributed by atoms with Gasteiger partial charge in [0.2, 0.25) is 11.8 Å². The normalized spacial score (nSPS) is 17.3. The van der Waals surface area contributed by atoms with E-state index >= 15 is 0 Å². The monoisotopic (exact) mass is 772 g/mol.